The Balaban J connectivity index is 1.61. The van der Waals surface area contributed by atoms with E-state index in [0.29, 0.717) is 22.8 Å². The summed E-state index contributed by atoms with van der Waals surface area (Å²) in [4.78, 5) is 24.3. The second-order valence-electron chi connectivity index (χ2n) is 7.61. The fraction of sp³-hybridized carbons (Fsp3) is 0.333. The van der Waals surface area contributed by atoms with Crippen molar-refractivity contribution in [2.45, 2.75) is 4.90 Å². The number of carbonyl (C=O) groups excluding carboxylic acids is 2. The van der Waals surface area contributed by atoms with Crippen molar-refractivity contribution in [2.75, 3.05) is 59.6 Å². The number of rotatable bonds is 10. The zero-order chi connectivity index (χ0) is 27.0. The number of morpholine rings is 1. The van der Waals surface area contributed by atoms with Crippen molar-refractivity contribution < 1.29 is 41.7 Å². The van der Waals surface area contributed by atoms with Gasteiger partial charge in [0.05, 0.1) is 39.6 Å². The van der Waals surface area contributed by atoms with Gasteiger partial charge in [-0.2, -0.15) is 4.31 Å². The molecule has 1 fully saturated rings. The number of carbonyl (C=O) groups is 2. The summed E-state index contributed by atoms with van der Waals surface area (Å²) in [7, 11) is 0.546. The molecule has 0 saturated carbocycles. The van der Waals surface area contributed by atoms with Gasteiger partial charge >= 0.3 is 5.97 Å². The molecule has 0 aromatic heterocycles. The third-order valence-corrected chi connectivity index (χ3v) is 7.63. The van der Waals surface area contributed by atoms with E-state index in [0.717, 1.165) is 6.08 Å². The van der Waals surface area contributed by atoms with Crippen molar-refractivity contribution in [2.24, 2.45) is 0 Å². The molecule has 1 heterocycles. The fourth-order valence-electron chi connectivity index (χ4n) is 3.45. The Labute approximate surface area is 219 Å². The lowest BCUT2D eigenvalue weighted by Crippen LogP contribution is -2.40. The highest BCUT2D eigenvalue weighted by Gasteiger charge is 2.28. The van der Waals surface area contributed by atoms with Gasteiger partial charge in [0.2, 0.25) is 15.8 Å². The van der Waals surface area contributed by atoms with Crippen LogP contribution in [-0.2, 0) is 29.1 Å². The Bertz CT molecular complexity index is 1250. The summed E-state index contributed by atoms with van der Waals surface area (Å²) >= 11 is 6.13. The highest BCUT2D eigenvalue weighted by molar-refractivity contribution is 7.89. The van der Waals surface area contributed by atoms with Crippen LogP contribution in [0.2, 0.25) is 5.02 Å². The molecule has 1 N–H and O–H groups in total. The second kappa shape index (κ2) is 12.8. The molecule has 2 aromatic rings. The van der Waals surface area contributed by atoms with Gasteiger partial charge in [-0.25, -0.2) is 13.2 Å². The Hall–Kier alpha value is -3.32. The van der Waals surface area contributed by atoms with Crippen LogP contribution in [-0.4, -0.2) is 78.8 Å². The average Bonchev–Trinajstić information content (AvgIpc) is 2.91. The summed E-state index contributed by atoms with van der Waals surface area (Å²) in [6.45, 7) is 0.384. The number of amides is 1. The van der Waals surface area contributed by atoms with E-state index in [1.165, 1.54) is 49.9 Å². The lowest BCUT2D eigenvalue weighted by Gasteiger charge is -2.26. The van der Waals surface area contributed by atoms with Crippen LogP contribution in [0.1, 0.15) is 5.56 Å². The molecule has 3 rings (SSSR count). The predicted molar refractivity (Wildman–Crippen MR) is 136 cm³/mol. The van der Waals surface area contributed by atoms with E-state index in [9.17, 15) is 18.0 Å². The standard InChI is InChI=1S/C24H27ClN2O9S/c1-32-19-12-16(13-20(33-2)24(19)34-3)4-7-23(29)36-15-22(28)26-17-5-6-18(25)21(14-17)37(30,31)27-8-10-35-11-9-27/h4-7,12-14H,8-11,15H2,1-3H3,(H,26,28)/b7-4+. The van der Waals surface area contributed by atoms with Crippen molar-refractivity contribution in [1.29, 1.82) is 0 Å². The Morgan fingerprint density at radius 3 is 2.30 bits per heavy atom. The maximum atomic E-state index is 12.9. The Kier molecular flexibility index (Phi) is 9.75. The summed E-state index contributed by atoms with van der Waals surface area (Å²) in [6.07, 6.45) is 2.61. The number of anilines is 1. The number of hydrogen-bond acceptors (Lipinski definition) is 9. The Morgan fingerprint density at radius 1 is 1.05 bits per heavy atom. The number of nitrogens with one attached hydrogen (secondary N) is 1. The molecule has 0 radical (unpaired) electrons. The van der Waals surface area contributed by atoms with Gasteiger partial charge < -0.3 is 29.0 Å². The summed E-state index contributed by atoms with van der Waals surface area (Å²) < 4.78 is 53.1. The third-order valence-electron chi connectivity index (χ3n) is 5.25. The predicted octanol–water partition coefficient (Wildman–Crippen LogP) is 2.58. The van der Waals surface area contributed by atoms with Crippen LogP contribution in [0.4, 0.5) is 5.69 Å². The van der Waals surface area contributed by atoms with Crippen molar-refractivity contribution >= 4 is 45.3 Å². The largest absolute Gasteiger partial charge is 0.493 e. The van der Waals surface area contributed by atoms with Crippen LogP contribution >= 0.6 is 11.6 Å². The summed E-state index contributed by atoms with van der Waals surface area (Å²) in [6, 6.07) is 7.36. The van der Waals surface area contributed by atoms with Crippen molar-refractivity contribution in [3.05, 3.63) is 47.0 Å². The molecule has 2 aromatic carbocycles. The number of hydrogen-bond donors (Lipinski definition) is 1. The van der Waals surface area contributed by atoms with E-state index >= 15 is 0 Å². The molecule has 1 saturated heterocycles. The molecule has 11 nitrogen and oxygen atoms in total. The van der Waals surface area contributed by atoms with E-state index in [1.54, 1.807) is 12.1 Å². The number of ether oxygens (including phenoxy) is 5. The van der Waals surface area contributed by atoms with Gasteiger partial charge in [0, 0.05) is 24.9 Å². The van der Waals surface area contributed by atoms with Gasteiger partial charge in [-0.1, -0.05) is 11.6 Å². The zero-order valence-electron chi connectivity index (χ0n) is 20.5. The first-order valence-electron chi connectivity index (χ1n) is 11.0. The molecule has 0 unspecified atom stereocenters. The highest BCUT2D eigenvalue weighted by Crippen LogP contribution is 2.38. The number of halogens is 1. The maximum absolute atomic E-state index is 12.9. The van der Waals surface area contributed by atoms with E-state index in [-0.39, 0.29) is 41.9 Å². The first kappa shape index (κ1) is 28.3. The normalized spacial score (nSPS) is 14.3. The van der Waals surface area contributed by atoms with E-state index in [4.69, 9.17) is 35.3 Å². The lowest BCUT2D eigenvalue weighted by atomic mass is 10.1. The topological polar surface area (TPSA) is 130 Å². The molecule has 1 aliphatic rings. The van der Waals surface area contributed by atoms with Gasteiger partial charge in [-0.05, 0) is 42.0 Å². The Morgan fingerprint density at radius 2 is 1.70 bits per heavy atom. The minimum atomic E-state index is -3.88. The van der Waals surface area contributed by atoms with Gasteiger partial charge in [0.25, 0.3) is 5.91 Å². The molecule has 1 aliphatic heterocycles. The number of benzene rings is 2. The maximum Gasteiger partial charge on any atom is 0.331 e. The minimum absolute atomic E-state index is 0.0212. The van der Waals surface area contributed by atoms with Crippen LogP contribution in [0.3, 0.4) is 0 Å². The third kappa shape index (κ3) is 7.13. The van der Waals surface area contributed by atoms with Crippen LogP contribution in [0.25, 0.3) is 6.08 Å². The van der Waals surface area contributed by atoms with Crippen molar-refractivity contribution in [1.82, 2.24) is 4.31 Å². The molecule has 0 aliphatic carbocycles. The van der Waals surface area contributed by atoms with Gasteiger partial charge in [0.15, 0.2) is 18.1 Å². The fourth-order valence-corrected chi connectivity index (χ4v) is 5.36. The van der Waals surface area contributed by atoms with Crippen LogP contribution in [0, 0.1) is 0 Å². The molecule has 200 valence electrons. The molecule has 0 bridgehead atoms. The zero-order valence-corrected chi connectivity index (χ0v) is 22.1. The molecule has 37 heavy (non-hydrogen) atoms. The number of methoxy groups -OCH3 is 3. The monoisotopic (exact) mass is 554 g/mol. The SMILES string of the molecule is COc1cc(/C=C/C(=O)OCC(=O)Nc2ccc(Cl)c(S(=O)(=O)N3CCOCC3)c2)cc(OC)c1OC. The number of nitrogens with zero attached hydrogens (tertiary/aromatic N) is 1. The summed E-state index contributed by atoms with van der Waals surface area (Å²) in [5, 5.41) is 2.52. The minimum Gasteiger partial charge on any atom is -0.493 e. The van der Waals surface area contributed by atoms with Crippen LogP contribution in [0.15, 0.2) is 41.3 Å². The molecular formula is C24H27ClN2O9S. The molecule has 1 amide bonds. The molecule has 0 atom stereocenters. The molecular weight excluding hydrogens is 528 g/mol. The molecule has 0 spiro atoms. The van der Waals surface area contributed by atoms with Gasteiger partial charge in [-0.3, -0.25) is 4.79 Å². The number of sulfonamides is 1. The van der Waals surface area contributed by atoms with Gasteiger partial charge in [0.1, 0.15) is 4.90 Å². The van der Waals surface area contributed by atoms with Gasteiger partial charge in [-0.15, -0.1) is 0 Å². The van der Waals surface area contributed by atoms with E-state index < -0.39 is 28.5 Å². The molecule has 13 heteroatoms. The quantitative estimate of drug-likeness (QED) is 0.348. The summed E-state index contributed by atoms with van der Waals surface area (Å²) in [5.74, 6) is -0.203. The average molecular weight is 555 g/mol. The van der Waals surface area contributed by atoms with Crippen molar-refractivity contribution in [3.8, 4) is 17.2 Å². The summed E-state index contributed by atoms with van der Waals surface area (Å²) in [5.41, 5.74) is 0.760. The first-order chi connectivity index (χ1) is 17.7. The number of esters is 1. The van der Waals surface area contributed by atoms with E-state index in [2.05, 4.69) is 5.32 Å². The van der Waals surface area contributed by atoms with Crippen LogP contribution in [0.5, 0.6) is 17.2 Å². The van der Waals surface area contributed by atoms with Crippen LogP contribution < -0.4 is 19.5 Å². The van der Waals surface area contributed by atoms with Crippen molar-refractivity contribution in [3.63, 3.8) is 0 Å². The van der Waals surface area contributed by atoms with E-state index in [1.807, 2.05) is 0 Å². The second-order valence-corrected chi connectivity index (χ2v) is 9.92. The highest BCUT2D eigenvalue weighted by atomic mass is 35.5. The lowest BCUT2D eigenvalue weighted by molar-refractivity contribution is -0.142. The smallest absolute Gasteiger partial charge is 0.331 e. The first-order valence-corrected chi connectivity index (χ1v) is 12.8.